The number of rotatable bonds is 4. The molecule has 0 radical (unpaired) electrons. The van der Waals surface area contributed by atoms with Crippen molar-refractivity contribution in [3.8, 4) is 0 Å². The lowest BCUT2D eigenvalue weighted by Crippen LogP contribution is -1.96. The Morgan fingerprint density at radius 2 is 2.00 bits per heavy atom. The molecule has 0 aliphatic heterocycles. The van der Waals surface area contributed by atoms with E-state index in [-0.39, 0.29) is 6.61 Å². The second-order valence-electron chi connectivity index (χ2n) is 4.84. The maximum absolute atomic E-state index is 8.93. The minimum atomic E-state index is 0.135. The van der Waals surface area contributed by atoms with Crippen LogP contribution in [0.3, 0.4) is 0 Å². The predicted molar refractivity (Wildman–Crippen MR) is 72.8 cm³/mol. The quantitative estimate of drug-likeness (QED) is 0.868. The van der Waals surface area contributed by atoms with Crippen LogP contribution in [0.15, 0.2) is 18.2 Å². The van der Waals surface area contributed by atoms with Crippen molar-refractivity contribution in [2.45, 2.75) is 33.6 Å². The number of hydrogen-bond acceptors (Lipinski definition) is 2. The highest BCUT2D eigenvalue weighted by atomic mass is 16.3. The second-order valence-corrected chi connectivity index (χ2v) is 4.84. The molecule has 0 atom stereocenters. The molecular weight excluding hydrogens is 224 g/mol. The first-order valence-electron chi connectivity index (χ1n) is 6.31. The maximum Gasteiger partial charge on any atom is 0.108 e. The smallest absolute Gasteiger partial charge is 0.108 e. The van der Waals surface area contributed by atoms with Gasteiger partial charge in [0.2, 0.25) is 0 Å². The van der Waals surface area contributed by atoms with E-state index < -0.39 is 0 Å². The Bertz CT molecular complexity index is 543. The average Bonchev–Trinajstić information content (AvgIpc) is 2.65. The van der Waals surface area contributed by atoms with E-state index in [0.29, 0.717) is 6.42 Å². The van der Waals surface area contributed by atoms with E-state index in [1.807, 2.05) is 6.92 Å². The maximum atomic E-state index is 8.93. The van der Waals surface area contributed by atoms with Gasteiger partial charge in [-0.1, -0.05) is 23.8 Å². The van der Waals surface area contributed by atoms with E-state index in [0.717, 1.165) is 23.6 Å². The average molecular weight is 244 g/mol. The number of aromatic amines is 1. The molecule has 0 unspecified atom stereocenters. The summed E-state index contributed by atoms with van der Waals surface area (Å²) in [5.74, 6) is 0.871. The van der Waals surface area contributed by atoms with Crippen LogP contribution in [-0.2, 0) is 12.8 Å². The molecule has 18 heavy (non-hydrogen) atoms. The summed E-state index contributed by atoms with van der Waals surface area (Å²) in [4.78, 5) is 7.78. The van der Waals surface area contributed by atoms with Crippen molar-refractivity contribution < 1.29 is 5.11 Å². The molecule has 0 bridgehead atoms. The lowest BCUT2D eigenvalue weighted by Gasteiger charge is -2.06. The van der Waals surface area contributed by atoms with Crippen LogP contribution < -0.4 is 0 Å². The summed E-state index contributed by atoms with van der Waals surface area (Å²) in [7, 11) is 0. The highest BCUT2D eigenvalue weighted by Gasteiger charge is 2.08. The van der Waals surface area contributed by atoms with E-state index in [1.165, 1.54) is 16.7 Å². The lowest BCUT2D eigenvalue weighted by atomic mass is 10.0. The van der Waals surface area contributed by atoms with Gasteiger partial charge >= 0.3 is 0 Å². The van der Waals surface area contributed by atoms with Gasteiger partial charge < -0.3 is 10.1 Å². The van der Waals surface area contributed by atoms with Crippen molar-refractivity contribution >= 4 is 0 Å². The highest BCUT2D eigenvalue weighted by Crippen LogP contribution is 2.17. The first-order valence-corrected chi connectivity index (χ1v) is 6.31. The van der Waals surface area contributed by atoms with E-state index in [2.05, 4.69) is 42.0 Å². The minimum Gasteiger partial charge on any atom is -0.396 e. The number of nitrogens with one attached hydrogen (secondary N) is 1. The zero-order valence-corrected chi connectivity index (χ0v) is 11.2. The van der Waals surface area contributed by atoms with Crippen molar-refractivity contribution in [3.63, 3.8) is 0 Å². The molecule has 0 aliphatic carbocycles. The van der Waals surface area contributed by atoms with Crippen molar-refractivity contribution in [2.75, 3.05) is 6.61 Å². The van der Waals surface area contributed by atoms with Crippen LogP contribution in [0.25, 0.3) is 0 Å². The Morgan fingerprint density at radius 3 is 2.72 bits per heavy atom. The molecular formula is C15H20N2O. The molecule has 1 aromatic carbocycles. The van der Waals surface area contributed by atoms with Crippen LogP contribution >= 0.6 is 0 Å². The summed E-state index contributed by atoms with van der Waals surface area (Å²) in [6.07, 6.45) is 1.44. The monoisotopic (exact) mass is 244 g/mol. The topological polar surface area (TPSA) is 48.9 Å². The summed E-state index contributed by atoms with van der Waals surface area (Å²) in [6.45, 7) is 6.41. The third kappa shape index (κ3) is 2.79. The minimum absolute atomic E-state index is 0.135. The summed E-state index contributed by atoms with van der Waals surface area (Å²) >= 11 is 0. The Hall–Kier alpha value is -1.61. The van der Waals surface area contributed by atoms with Gasteiger partial charge in [0, 0.05) is 18.5 Å². The second kappa shape index (κ2) is 5.36. The van der Waals surface area contributed by atoms with Crippen molar-refractivity contribution in [1.29, 1.82) is 0 Å². The number of aryl methyl sites for hydroxylation is 3. The van der Waals surface area contributed by atoms with Gasteiger partial charge in [0.1, 0.15) is 5.82 Å². The number of aliphatic hydroxyl groups excluding tert-OH is 1. The van der Waals surface area contributed by atoms with Crippen LogP contribution in [0, 0.1) is 20.8 Å². The Kier molecular flexibility index (Phi) is 3.82. The molecule has 96 valence electrons. The fourth-order valence-corrected chi connectivity index (χ4v) is 2.13. The van der Waals surface area contributed by atoms with Crippen molar-refractivity contribution in [3.05, 3.63) is 52.1 Å². The molecule has 3 nitrogen and oxygen atoms in total. The lowest BCUT2D eigenvalue weighted by molar-refractivity contribution is 0.297. The van der Waals surface area contributed by atoms with E-state index in [4.69, 9.17) is 5.11 Å². The van der Waals surface area contributed by atoms with Gasteiger partial charge in [0.15, 0.2) is 0 Å². The molecule has 0 saturated carbocycles. The molecule has 2 aromatic rings. The Morgan fingerprint density at radius 1 is 1.22 bits per heavy atom. The number of hydrogen-bond donors (Lipinski definition) is 2. The molecule has 2 rings (SSSR count). The van der Waals surface area contributed by atoms with Crippen LogP contribution in [0.2, 0.25) is 0 Å². The molecule has 0 aliphatic rings. The zero-order valence-electron chi connectivity index (χ0n) is 11.2. The fraction of sp³-hybridized carbons (Fsp3) is 0.400. The van der Waals surface area contributed by atoms with E-state index in [1.54, 1.807) is 0 Å². The summed E-state index contributed by atoms with van der Waals surface area (Å²) in [5.41, 5.74) is 6.07. The van der Waals surface area contributed by atoms with Gasteiger partial charge in [-0.2, -0.15) is 0 Å². The number of H-pyrrole nitrogens is 1. The van der Waals surface area contributed by atoms with Gasteiger partial charge in [-0.25, -0.2) is 4.98 Å². The fourth-order valence-electron chi connectivity index (χ4n) is 2.13. The standard InChI is InChI=1S/C15H20N2O/c1-10-4-5-11(2)13(8-10)9-14-12(3)16-15(17-14)6-7-18/h4-5,8,18H,6-7,9H2,1-3H3,(H,16,17). The normalized spacial score (nSPS) is 10.9. The first kappa shape index (κ1) is 12.8. The van der Waals surface area contributed by atoms with Crippen LogP contribution in [0.4, 0.5) is 0 Å². The number of aromatic nitrogens is 2. The molecule has 3 heteroatoms. The SMILES string of the molecule is Cc1ccc(C)c(Cc2nc(CCO)[nH]c2C)c1. The predicted octanol–water partition coefficient (Wildman–Crippen LogP) is 2.46. The number of benzene rings is 1. The molecule has 1 heterocycles. The van der Waals surface area contributed by atoms with Crippen LogP contribution in [0.5, 0.6) is 0 Å². The van der Waals surface area contributed by atoms with Gasteiger partial charge in [-0.05, 0) is 31.9 Å². The summed E-state index contributed by atoms with van der Waals surface area (Å²) in [6, 6.07) is 6.50. The van der Waals surface area contributed by atoms with Crippen LogP contribution in [-0.4, -0.2) is 21.7 Å². The summed E-state index contributed by atoms with van der Waals surface area (Å²) < 4.78 is 0. The first-order chi connectivity index (χ1) is 8.60. The summed E-state index contributed by atoms with van der Waals surface area (Å²) in [5, 5.41) is 8.93. The third-order valence-electron chi connectivity index (χ3n) is 3.25. The van der Waals surface area contributed by atoms with Crippen molar-refractivity contribution in [1.82, 2.24) is 9.97 Å². The van der Waals surface area contributed by atoms with Gasteiger partial charge in [-0.3, -0.25) is 0 Å². The number of nitrogens with zero attached hydrogens (tertiary/aromatic N) is 1. The molecule has 1 aromatic heterocycles. The zero-order chi connectivity index (χ0) is 13.1. The molecule has 0 fully saturated rings. The van der Waals surface area contributed by atoms with E-state index in [9.17, 15) is 0 Å². The number of imidazole rings is 1. The highest BCUT2D eigenvalue weighted by molar-refractivity contribution is 5.34. The van der Waals surface area contributed by atoms with E-state index >= 15 is 0 Å². The molecule has 0 amide bonds. The van der Waals surface area contributed by atoms with Crippen molar-refractivity contribution in [2.24, 2.45) is 0 Å². The Labute approximate surface area is 108 Å². The molecule has 0 saturated heterocycles. The largest absolute Gasteiger partial charge is 0.396 e. The third-order valence-corrected chi connectivity index (χ3v) is 3.25. The molecule has 0 spiro atoms. The Balaban J connectivity index is 2.25. The van der Waals surface area contributed by atoms with Crippen LogP contribution in [0.1, 0.15) is 33.9 Å². The van der Waals surface area contributed by atoms with Gasteiger partial charge in [0.05, 0.1) is 12.3 Å². The van der Waals surface area contributed by atoms with Gasteiger partial charge in [0.25, 0.3) is 0 Å². The number of aliphatic hydroxyl groups is 1. The van der Waals surface area contributed by atoms with Gasteiger partial charge in [-0.15, -0.1) is 0 Å². The molecule has 2 N–H and O–H groups in total.